The first-order chi connectivity index (χ1) is 11.7. The number of aromatic nitrogens is 1. The second-order valence-electron chi connectivity index (χ2n) is 8.45. The normalized spacial score (nSPS) is 25.8. The topological polar surface area (TPSA) is 31.2 Å². The fourth-order valence-corrected chi connectivity index (χ4v) is 5.31. The molecule has 2 aliphatic rings. The van der Waals surface area contributed by atoms with E-state index in [4.69, 9.17) is 0 Å². The molecular formula is C22H34ClNO. The highest BCUT2D eigenvalue weighted by Crippen LogP contribution is 2.52. The fraction of sp³-hybridized carbons (Fsp3) is 0.727. The molecular weight excluding hydrogens is 330 g/mol. The summed E-state index contributed by atoms with van der Waals surface area (Å²) in [6, 6.07) is 3.81. The van der Waals surface area contributed by atoms with E-state index >= 15 is 0 Å². The molecule has 140 valence electrons. The molecule has 2 nitrogen and oxygen atoms in total. The van der Waals surface area contributed by atoms with Crippen molar-refractivity contribution in [2.45, 2.75) is 84.0 Å². The van der Waals surface area contributed by atoms with E-state index in [9.17, 15) is 4.79 Å². The summed E-state index contributed by atoms with van der Waals surface area (Å²) in [5, 5.41) is 0. The van der Waals surface area contributed by atoms with Gasteiger partial charge in [0.2, 0.25) is 0 Å². The van der Waals surface area contributed by atoms with Crippen LogP contribution in [0.3, 0.4) is 0 Å². The van der Waals surface area contributed by atoms with Gasteiger partial charge in [-0.15, -0.1) is 0 Å². The zero-order valence-electron chi connectivity index (χ0n) is 15.7. The van der Waals surface area contributed by atoms with Crippen LogP contribution in [-0.4, -0.2) is 5.78 Å². The van der Waals surface area contributed by atoms with E-state index in [1.54, 1.807) is 0 Å². The molecule has 1 aromatic rings. The molecule has 2 saturated carbocycles. The molecule has 0 unspecified atom stereocenters. The lowest BCUT2D eigenvalue weighted by atomic mass is 9.59. The third-order valence-electron chi connectivity index (χ3n) is 6.85. The lowest BCUT2D eigenvalue weighted by Gasteiger charge is -2.46. The Labute approximate surface area is 159 Å². The van der Waals surface area contributed by atoms with E-state index in [2.05, 4.69) is 11.9 Å². The van der Waals surface area contributed by atoms with Gasteiger partial charge >= 0.3 is 0 Å². The van der Waals surface area contributed by atoms with Crippen molar-refractivity contribution < 1.29 is 22.2 Å². The molecule has 25 heavy (non-hydrogen) atoms. The van der Waals surface area contributed by atoms with Crippen LogP contribution in [0.1, 0.15) is 94.3 Å². The minimum Gasteiger partial charge on any atom is -1.00 e. The average molecular weight is 364 g/mol. The molecule has 1 heterocycles. The van der Waals surface area contributed by atoms with Crippen molar-refractivity contribution in [1.29, 1.82) is 0 Å². The highest BCUT2D eigenvalue weighted by molar-refractivity contribution is 5.95. The highest BCUT2D eigenvalue weighted by Gasteiger charge is 2.40. The smallest absolute Gasteiger partial charge is 0.167 e. The number of pyridine rings is 1. The summed E-state index contributed by atoms with van der Waals surface area (Å²) in [6.45, 7) is 2.42. The Morgan fingerprint density at radius 3 is 2.36 bits per heavy atom. The maximum Gasteiger partial charge on any atom is 0.167 e. The van der Waals surface area contributed by atoms with Crippen molar-refractivity contribution in [1.82, 2.24) is 0 Å². The first-order valence-electron chi connectivity index (χ1n) is 10.2. The van der Waals surface area contributed by atoms with Crippen LogP contribution in [0.2, 0.25) is 0 Å². The van der Waals surface area contributed by atoms with Gasteiger partial charge in [0.05, 0.1) is 0 Å². The molecule has 1 aromatic heterocycles. The SMILES string of the molecule is CC1CCC(C2(CCCC(=O)c3cc[nH+]cc3)CCCCC2)CC1.[Cl-]. The number of halogens is 1. The highest BCUT2D eigenvalue weighted by atomic mass is 35.5. The Bertz CT molecular complexity index is 516. The standard InChI is InChI=1S/C22H33NO.ClH/c1-18-7-9-20(10-8-18)22(13-3-2-4-14-22)15-5-6-21(24)19-11-16-23-17-12-19;/h11-12,16-18,20H,2-10,13-15H2,1H3;1H. The number of rotatable bonds is 6. The van der Waals surface area contributed by atoms with Crippen molar-refractivity contribution in [3.8, 4) is 0 Å². The van der Waals surface area contributed by atoms with E-state index in [1.807, 2.05) is 24.5 Å². The monoisotopic (exact) mass is 363 g/mol. The minimum atomic E-state index is 0. The molecule has 0 bridgehead atoms. The molecule has 0 atom stereocenters. The number of hydrogen-bond donors (Lipinski definition) is 0. The van der Waals surface area contributed by atoms with E-state index in [0.29, 0.717) is 11.2 Å². The Balaban J connectivity index is 0.00000225. The van der Waals surface area contributed by atoms with Gasteiger partial charge in [-0.1, -0.05) is 39.0 Å². The fourth-order valence-electron chi connectivity index (χ4n) is 5.31. The van der Waals surface area contributed by atoms with Crippen LogP contribution >= 0.6 is 0 Å². The van der Waals surface area contributed by atoms with E-state index in [1.165, 1.54) is 64.2 Å². The first kappa shape index (κ1) is 20.4. The average Bonchev–Trinajstić information content (AvgIpc) is 2.63. The number of nitrogens with one attached hydrogen (secondary N) is 1. The Kier molecular flexibility index (Phi) is 7.93. The summed E-state index contributed by atoms with van der Waals surface area (Å²) >= 11 is 0. The predicted molar refractivity (Wildman–Crippen MR) is 97.8 cm³/mol. The maximum atomic E-state index is 12.4. The summed E-state index contributed by atoms with van der Waals surface area (Å²) < 4.78 is 0. The third-order valence-corrected chi connectivity index (χ3v) is 6.85. The second kappa shape index (κ2) is 9.71. The number of Topliss-reactive ketones (excluding diaryl/α,β-unsaturated/α-hetero) is 1. The summed E-state index contributed by atoms with van der Waals surface area (Å²) in [4.78, 5) is 15.4. The number of carbonyl (C=O) groups excluding carboxylic acids is 1. The molecule has 2 fully saturated rings. The number of hydrogen-bond acceptors (Lipinski definition) is 1. The molecule has 0 aliphatic heterocycles. The first-order valence-corrected chi connectivity index (χ1v) is 10.2. The third kappa shape index (κ3) is 5.29. The van der Waals surface area contributed by atoms with Gasteiger partial charge < -0.3 is 12.4 Å². The largest absolute Gasteiger partial charge is 1.00 e. The summed E-state index contributed by atoms with van der Waals surface area (Å²) in [5.41, 5.74) is 1.42. The second-order valence-corrected chi connectivity index (χ2v) is 8.45. The van der Waals surface area contributed by atoms with Crippen LogP contribution in [0.4, 0.5) is 0 Å². The van der Waals surface area contributed by atoms with Crippen LogP contribution in [0.25, 0.3) is 0 Å². The maximum absolute atomic E-state index is 12.4. The predicted octanol–water partition coefficient (Wildman–Crippen LogP) is 2.63. The lowest BCUT2D eigenvalue weighted by Crippen LogP contribution is -3.00. The molecule has 3 heteroatoms. The van der Waals surface area contributed by atoms with E-state index in [-0.39, 0.29) is 12.4 Å². The minimum absolute atomic E-state index is 0. The van der Waals surface area contributed by atoms with Gasteiger partial charge in [0.15, 0.2) is 18.2 Å². The number of H-pyrrole nitrogens is 1. The van der Waals surface area contributed by atoms with Crippen LogP contribution in [0.5, 0.6) is 0 Å². The van der Waals surface area contributed by atoms with Crippen LogP contribution in [-0.2, 0) is 0 Å². The van der Waals surface area contributed by atoms with Gasteiger partial charge in [-0.05, 0) is 55.8 Å². The zero-order valence-corrected chi connectivity index (χ0v) is 16.5. The Morgan fingerprint density at radius 2 is 1.72 bits per heavy atom. The number of carbonyl (C=O) groups is 1. The number of aromatic amines is 1. The van der Waals surface area contributed by atoms with E-state index < -0.39 is 0 Å². The summed E-state index contributed by atoms with van der Waals surface area (Å²) in [6.07, 6.45) is 19.5. The van der Waals surface area contributed by atoms with Crippen molar-refractivity contribution in [3.63, 3.8) is 0 Å². The number of ketones is 1. The van der Waals surface area contributed by atoms with Crippen molar-refractivity contribution >= 4 is 5.78 Å². The molecule has 0 aromatic carbocycles. The van der Waals surface area contributed by atoms with Gasteiger partial charge in [0, 0.05) is 24.1 Å². The van der Waals surface area contributed by atoms with Gasteiger partial charge in [-0.3, -0.25) is 4.79 Å². The Hall–Kier alpha value is -0.890. The molecule has 0 saturated heterocycles. The zero-order chi connectivity index (χ0) is 16.8. The van der Waals surface area contributed by atoms with Crippen molar-refractivity contribution in [2.24, 2.45) is 17.3 Å². The van der Waals surface area contributed by atoms with Gasteiger partial charge in [0.25, 0.3) is 0 Å². The molecule has 1 N–H and O–H groups in total. The molecule has 0 amide bonds. The molecule has 2 aliphatic carbocycles. The van der Waals surface area contributed by atoms with Gasteiger partial charge in [-0.2, -0.15) is 0 Å². The molecule has 0 radical (unpaired) electrons. The van der Waals surface area contributed by atoms with Crippen LogP contribution in [0, 0.1) is 17.3 Å². The van der Waals surface area contributed by atoms with Crippen LogP contribution in [0.15, 0.2) is 24.5 Å². The summed E-state index contributed by atoms with van der Waals surface area (Å²) in [5.74, 6) is 2.17. The lowest BCUT2D eigenvalue weighted by molar-refractivity contribution is -0.378. The van der Waals surface area contributed by atoms with Gasteiger partial charge in [0.1, 0.15) is 0 Å². The quantitative estimate of drug-likeness (QED) is 0.715. The van der Waals surface area contributed by atoms with Gasteiger partial charge in [-0.25, -0.2) is 4.98 Å². The van der Waals surface area contributed by atoms with E-state index in [0.717, 1.165) is 30.2 Å². The molecule has 0 spiro atoms. The summed E-state index contributed by atoms with van der Waals surface area (Å²) in [7, 11) is 0. The van der Waals surface area contributed by atoms with Crippen LogP contribution < -0.4 is 17.4 Å². The van der Waals surface area contributed by atoms with Crippen molar-refractivity contribution in [2.75, 3.05) is 0 Å². The Morgan fingerprint density at radius 1 is 1.08 bits per heavy atom. The molecule has 3 rings (SSSR count). The van der Waals surface area contributed by atoms with Crippen molar-refractivity contribution in [3.05, 3.63) is 30.1 Å².